The molecule has 84 valence electrons. The van der Waals surface area contributed by atoms with Crippen LogP contribution in [-0.2, 0) is 0 Å². The third kappa shape index (κ3) is 1.60. The second-order valence-corrected chi connectivity index (χ2v) is 3.84. The number of aromatic amines is 1. The van der Waals surface area contributed by atoms with Gasteiger partial charge in [-0.15, -0.1) is 0 Å². The number of halogens is 1. The van der Waals surface area contributed by atoms with E-state index in [-0.39, 0.29) is 11.0 Å². The summed E-state index contributed by atoms with van der Waals surface area (Å²) in [5.74, 6) is 0.0801. The molecule has 0 spiro atoms. The zero-order chi connectivity index (χ0) is 11.8. The van der Waals surface area contributed by atoms with Crippen LogP contribution in [0.3, 0.4) is 0 Å². The molecule has 2 N–H and O–H groups in total. The molecule has 0 amide bonds. The monoisotopic (exact) mass is 246 g/mol. The van der Waals surface area contributed by atoms with Crippen LogP contribution >= 0.6 is 11.6 Å². The SMILES string of the molecule is Oc1cccc2c(-c3cn[nH]c3)nc(Cl)nc12. The Morgan fingerprint density at radius 3 is 2.88 bits per heavy atom. The zero-order valence-electron chi connectivity index (χ0n) is 8.55. The zero-order valence-corrected chi connectivity index (χ0v) is 9.31. The van der Waals surface area contributed by atoms with E-state index in [0.717, 1.165) is 10.9 Å². The van der Waals surface area contributed by atoms with E-state index in [4.69, 9.17) is 11.6 Å². The fourth-order valence-corrected chi connectivity index (χ4v) is 1.88. The number of phenolic OH excluding ortho intramolecular Hbond substituents is 1. The van der Waals surface area contributed by atoms with E-state index in [1.54, 1.807) is 24.5 Å². The first-order valence-electron chi connectivity index (χ1n) is 4.90. The average molecular weight is 247 g/mol. The summed E-state index contributed by atoms with van der Waals surface area (Å²) < 4.78 is 0. The van der Waals surface area contributed by atoms with E-state index in [1.807, 2.05) is 6.07 Å². The van der Waals surface area contributed by atoms with E-state index in [2.05, 4.69) is 20.2 Å². The van der Waals surface area contributed by atoms with Gasteiger partial charge in [0, 0.05) is 17.1 Å². The fraction of sp³-hybridized carbons (Fsp3) is 0. The van der Waals surface area contributed by atoms with Crippen molar-refractivity contribution in [3.8, 4) is 17.0 Å². The standard InChI is InChI=1S/C11H7ClN4O/c12-11-15-9(6-4-13-14-5-6)7-2-1-3-8(17)10(7)16-11/h1-5,17H,(H,13,14). The lowest BCUT2D eigenvalue weighted by Gasteiger charge is -2.05. The van der Waals surface area contributed by atoms with Crippen LogP contribution in [0.1, 0.15) is 0 Å². The van der Waals surface area contributed by atoms with Gasteiger partial charge in [0.25, 0.3) is 0 Å². The van der Waals surface area contributed by atoms with E-state index >= 15 is 0 Å². The van der Waals surface area contributed by atoms with Crippen LogP contribution in [0.15, 0.2) is 30.6 Å². The van der Waals surface area contributed by atoms with Crippen LogP contribution in [-0.4, -0.2) is 25.3 Å². The Balaban J connectivity index is 2.42. The van der Waals surface area contributed by atoms with Crippen LogP contribution in [0.2, 0.25) is 5.28 Å². The van der Waals surface area contributed by atoms with Crippen molar-refractivity contribution < 1.29 is 5.11 Å². The Hall–Kier alpha value is -2.14. The number of para-hydroxylation sites is 1. The van der Waals surface area contributed by atoms with Crippen molar-refractivity contribution in [1.82, 2.24) is 20.2 Å². The van der Waals surface area contributed by atoms with Crippen LogP contribution < -0.4 is 0 Å². The molecule has 0 atom stereocenters. The highest BCUT2D eigenvalue weighted by Gasteiger charge is 2.11. The number of hydrogen-bond donors (Lipinski definition) is 2. The molecule has 3 aromatic rings. The summed E-state index contributed by atoms with van der Waals surface area (Å²) in [7, 11) is 0. The maximum Gasteiger partial charge on any atom is 0.223 e. The summed E-state index contributed by atoms with van der Waals surface area (Å²) >= 11 is 5.85. The van der Waals surface area contributed by atoms with Crippen LogP contribution in [0.25, 0.3) is 22.2 Å². The normalized spacial score (nSPS) is 10.9. The van der Waals surface area contributed by atoms with Gasteiger partial charge in [-0.05, 0) is 17.7 Å². The average Bonchev–Trinajstić information content (AvgIpc) is 2.83. The number of fused-ring (bicyclic) bond motifs is 1. The summed E-state index contributed by atoms with van der Waals surface area (Å²) in [6.07, 6.45) is 3.35. The van der Waals surface area contributed by atoms with Crippen molar-refractivity contribution in [2.75, 3.05) is 0 Å². The molecule has 0 aliphatic carbocycles. The van der Waals surface area contributed by atoms with Crippen molar-refractivity contribution in [3.05, 3.63) is 35.9 Å². The minimum absolute atomic E-state index is 0.0801. The van der Waals surface area contributed by atoms with E-state index in [0.29, 0.717) is 11.2 Å². The van der Waals surface area contributed by atoms with Crippen molar-refractivity contribution in [2.24, 2.45) is 0 Å². The molecule has 0 bridgehead atoms. The lowest BCUT2D eigenvalue weighted by atomic mass is 10.1. The van der Waals surface area contributed by atoms with Gasteiger partial charge in [0.1, 0.15) is 11.3 Å². The number of benzene rings is 1. The van der Waals surface area contributed by atoms with Crippen LogP contribution in [0.4, 0.5) is 0 Å². The minimum atomic E-state index is 0.0801. The summed E-state index contributed by atoms with van der Waals surface area (Å²) in [5, 5.41) is 17.1. The molecule has 0 radical (unpaired) electrons. The molecule has 2 aromatic heterocycles. The molecule has 0 aliphatic rings. The van der Waals surface area contributed by atoms with E-state index in [9.17, 15) is 5.11 Å². The number of nitrogens with one attached hydrogen (secondary N) is 1. The number of phenols is 1. The van der Waals surface area contributed by atoms with Crippen molar-refractivity contribution in [3.63, 3.8) is 0 Å². The van der Waals surface area contributed by atoms with Gasteiger partial charge < -0.3 is 5.11 Å². The maximum absolute atomic E-state index is 9.75. The highest BCUT2D eigenvalue weighted by Crippen LogP contribution is 2.30. The maximum atomic E-state index is 9.75. The quantitative estimate of drug-likeness (QED) is 0.647. The van der Waals surface area contributed by atoms with Crippen molar-refractivity contribution in [1.29, 1.82) is 0 Å². The second-order valence-electron chi connectivity index (χ2n) is 3.50. The van der Waals surface area contributed by atoms with Gasteiger partial charge >= 0.3 is 0 Å². The van der Waals surface area contributed by atoms with Crippen LogP contribution in [0, 0.1) is 0 Å². The Labute approximate surface area is 101 Å². The molecule has 0 unspecified atom stereocenters. The lowest BCUT2D eigenvalue weighted by molar-refractivity contribution is 0.480. The number of hydrogen-bond acceptors (Lipinski definition) is 4. The first kappa shape index (κ1) is 10.0. The van der Waals surface area contributed by atoms with E-state index < -0.39 is 0 Å². The largest absolute Gasteiger partial charge is 0.506 e. The molecule has 1 aromatic carbocycles. The molecule has 0 saturated carbocycles. The Kier molecular flexibility index (Phi) is 2.19. The predicted molar refractivity (Wildman–Crippen MR) is 63.8 cm³/mol. The number of nitrogens with zero attached hydrogens (tertiary/aromatic N) is 3. The van der Waals surface area contributed by atoms with Gasteiger partial charge in [-0.1, -0.05) is 12.1 Å². The molecule has 0 fully saturated rings. The highest BCUT2D eigenvalue weighted by atomic mass is 35.5. The molecule has 0 aliphatic heterocycles. The number of aromatic nitrogens is 4. The fourth-order valence-electron chi connectivity index (χ4n) is 1.71. The van der Waals surface area contributed by atoms with Gasteiger partial charge in [0.05, 0.1) is 11.9 Å². The van der Waals surface area contributed by atoms with Gasteiger partial charge in [0.2, 0.25) is 5.28 Å². The summed E-state index contributed by atoms with van der Waals surface area (Å²) in [6.45, 7) is 0. The first-order chi connectivity index (χ1) is 8.25. The first-order valence-corrected chi connectivity index (χ1v) is 5.28. The van der Waals surface area contributed by atoms with Crippen LogP contribution in [0.5, 0.6) is 5.75 Å². The number of rotatable bonds is 1. The smallest absolute Gasteiger partial charge is 0.223 e. The number of aromatic hydroxyl groups is 1. The molecular weight excluding hydrogens is 240 g/mol. The molecule has 17 heavy (non-hydrogen) atoms. The Morgan fingerprint density at radius 2 is 2.12 bits per heavy atom. The van der Waals surface area contributed by atoms with Gasteiger partial charge in [-0.25, -0.2) is 9.97 Å². The van der Waals surface area contributed by atoms with Gasteiger partial charge in [0.15, 0.2) is 0 Å². The third-order valence-electron chi connectivity index (χ3n) is 2.45. The molecule has 3 rings (SSSR count). The van der Waals surface area contributed by atoms with Crippen molar-refractivity contribution >= 4 is 22.5 Å². The number of H-pyrrole nitrogens is 1. The molecule has 5 nitrogen and oxygen atoms in total. The lowest BCUT2D eigenvalue weighted by Crippen LogP contribution is -1.90. The van der Waals surface area contributed by atoms with Gasteiger partial charge in [-0.2, -0.15) is 5.10 Å². The Bertz CT molecular complexity index is 681. The third-order valence-corrected chi connectivity index (χ3v) is 2.62. The summed E-state index contributed by atoms with van der Waals surface area (Å²) in [6, 6.07) is 5.12. The molecular formula is C11H7ClN4O. The molecule has 2 heterocycles. The van der Waals surface area contributed by atoms with E-state index in [1.165, 1.54) is 0 Å². The Morgan fingerprint density at radius 1 is 1.24 bits per heavy atom. The topological polar surface area (TPSA) is 74.7 Å². The molecule has 6 heteroatoms. The minimum Gasteiger partial charge on any atom is -0.506 e. The molecule has 0 saturated heterocycles. The van der Waals surface area contributed by atoms with Crippen molar-refractivity contribution in [2.45, 2.75) is 0 Å². The predicted octanol–water partition coefficient (Wildman–Crippen LogP) is 2.38. The summed E-state index contributed by atoms with van der Waals surface area (Å²) in [4.78, 5) is 8.19. The summed E-state index contributed by atoms with van der Waals surface area (Å²) in [5.41, 5.74) is 1.87. The highest BCUT2D eigenvalue weighted by molar-refractivity contribution is 6.29. The van der Waals surface area contributed by atoms with Gasteiger partial charge in [-0.3, -0.25) is 5.10 Å². The second kappa shape index (κ2) is 3.71.